The first-order valence-corrected chi connectivity index (χ1v) is 13.6. The van der Waals surface area contributed by atoms with Gasteiger partial charge in [-0.05, 0) is 60.9 Å². The zero-order chi connectivity index (χ0) is 31.7. The van der Waals surface area contributed by atoms with Crippen molar-refractivity contribution in [1.29, 1.82) is 0 Å². The number of halogens is 6. The summed E-state index contributed by atoms with van der Waals surface area (Å²) in [6, 6.07) is 8.34. The standard InChI is InChI=1S/C29H29F6N2O2.C2H4O2/c1-3-18-16-37(15-17-10-20(28(30,31)32)13-21(11-17)29(33,34)35)9-7-19(18)12-26(37)27(38)23-6-8-36-25-5-4-22(39-2)14-24(23)25;1-2(3)4/h3-6,8,10-11,13-14,18-19,26-27,38H,1,7,9,12,15-16H2,2H3;1H3,(H,3,4)/q+1;/p-1/t18-,19-,26+,27-,37?;/m0./s1. The van der Waals surface area contributed by atoms with Crippen molar-refractivity contribution < 1.29 is 50.6 Å². The number of pyridine rings is 1. The molecule has 0 aliphatic carbocycles. The molecule has 6 nitrogen and oxygen atoms in total. The molecule has 0 amide bonds. The first kappa shape index (κ1) is 32.3. The van der Waals surface area contributed by atoms with Crippen molar-refractivity contribution in [3.05, 3.63) is 83.6 Å². The highest BCUT2D eigenvalue weighted by atomic mass is 19.4. The van der Waals surface area contributed by atoms with E-state index >= 15 is 0 Å². The quantitative estimate of drug-likeness (QED) is 0.221. The third kappa shape index (κ3) is 6.96. The summed E-state index contributed by atoms with van der Waals surface area (Å²) in [4.78, 5) is 13.3. The van der Waals surface area contributed by atoms with Gasteiger partial charge in [-0.1, -0.05) is 6.08 Å². The summed E-state index contributed by atoms with van der Waals surface area (Å²) in [5, 5.41) is 21.4. The Bertz CT molecular complexity index is 1460. The van der Waals surface area contributed by atoms with Crippen LogP contribution in [0.3, 0.4) is 0 Å². The number of aromatic nitrogens is 1. The maximum absolute atomic E-state index is 13.6. The minimum Gasteiger partial charge on any atom is -0.550 e. The largest absolute Gasteiger partial charge is 0.550 e. The lowest BCUT2D eigenvalue weighted by atomic mass is 9.71. The van der Waals surface area contributed by atoms with Gasteiger partial charge in [0.1, 0.15) is 24.4 Å². The zero-order valence-corrected chi connectivity index (χ0v) is 23.6. The number of carbonyl (C=O) groups excluding carboxylic acids is 1. The first-order chi connectivity index (χ1) is 20.1. The Morgan fingerprint density at radius 1 is 1.14 bits per heavy atom. The fraction of sp³-hybridized carbons (Fsp3) is 0.419. The molecule has 6 rings (SSSR count). The Balaban J connectivity index is 0.000000996. The molecule has 5 atom stereocenters. The monoisotopic (exact) mass is 610 g/mol. The van der Waals surface area contributed by atoms with Crippen LogP contribution in [0.25, 0.3) is 10.9 Å². The maximum Gasteiger partial charge on any atom is 0.416 e. The molecule has 12 heteroatoms. The molecule has 2 bridgehead atoms. The highest BCUT2D eigenvalue weighted by molar-refractivity contribution is 5.83. The number of hydrogen-bond donors (Lipinski definition) is 1. The van der Waals surface area contributed by atoms with Crippen LogP contribution in [0.1, 0.15) is 48.1 Å². The van der Waals surface area contributed by atoms with Crippen LogP contribution in [0.2, 0.25) is 0 Å². The Kier molecular flexibility index (Phi) is 9.13. The first-order valence-electron chi connectivity index (χ1n) is 13.6. The summed E-state index contributed by atoms with van der Waals surface area (Å²) in [6.07, 6.45) is -6.16. The normalized spacial score (nSPS) is 24.2. The summed E-state index contributed by atoms with van der Waals surface area (Å²) in [6.45, 7) is 5.83. The number of aliphatic hydroxyl groups is 1. The number of carbonyl (C=O) groups is 1. The third-order valence-corrected chi connectivity index (χ3v) is 8.49. The van der Waals surface area contributed by atoms with Gasteiger partial charge in [0.05, 0.1) is 36.8 Å². The molecule has 2 aromatic carbocycles. The average Bonchev–Trinajstić information content (AvgIpc) is 2.94. The minimum atomic E-state index is -4.93. The molecule has 0 saturated carbocycles. The van der Waals surface area contributed by atoms with E-state index in [0.29, 0.717) is 41.7 Å². The van der Waals surface area contributed by atoms with Crippen molar-refractivity contribution in [3.8, 4) is 5.75 Å². The van der Waals surface area contributed by atoms with E-state index in [0.717, 1.165) is 25.5 Å². The van der Waals surface area contributed by atoms with E-state index in [9.17, 15) is 31.4 Å². The summed E-state index contributed by atoms with van der Waals surface area (Å²) in [5.41, 5.74) is -1.47. The Morgan fingerprint density at radius 2 is 1.77 bits per heavy atom. The van der Waals surface area contributed by atoms with E-state index in [1.54, 1.807) is 30.5 Å². The van der Waals surface area contributed by atoms with Gasteiger partial charge in [-0.2, -0.15) is 26.3 Å². The molecule has 1 unspecified atom stereocenters. The molecule has 3 aromatic rings. The molecule has 43 heavy (non-hydrogen) atoms. The lowest BCUT2D eigenvalue weighted by Crippen LogP contribution is -2.67. The van der Waals surface area contributed by atoms with Crippen LogP contribution in [0.5, 0.6) is 5.75 Å². The molecule has 3 fully saturated rings. The van der Waals surface area contributed by atoms with Crippen molar-refractivity contribution in [2.75, 3.05) is 20.2 Å². The van der Waals surface area contributed by atoms with E-state index in [1.807, 2.05) is 6.08 Å². The molecule has 1 aromatic heterocycles. The molecular formula is C31H32F6N2O4. The number of aliphatic hydroxyl groups excluding tert-OH is 1. The van der Waals surface area contributed by atoms with Crippen molar-refractivity contribution in [2.24, 2.45) is 11.8 Å². The van der Waals surface area contributed by atoms with Crippen LogP contribution >= 0.6 is 0 Å². The van der Waals surface area contributed by atoms with Gasteiger partial charge < -0.3 is 24.2 Å². The second kappa shape index (κ2) is 12.2. The van der Waals surface area contributed by atoms with Gasteiger partial charge in [-0.15, -0.1) is 6.58 Å². The third-order valence-electron chi connectivity index (χ3n) is 8.49. The second-order valence-corrected chi connectivity index (χ2v) is 11.2. The summed E-state index contributed by atoms with van der Waals surface area (Å²) < 4.78 is 87.2. The molecule has 232 valence electrons. The number of piperidine rings is 3. The van der Waals surface area contributed by atoms with Gasteiger partial charge in [-0.3, -0.25) is 4.98 Å². The zero-order valence-electron chi connectivity index (χ0n) is 23.6. The molecule has 3 aliphatic heterocycles. The van der Waals surface area contributed by atoms with Gasteiger partial charge in [-0.25, -0.2) is 0 Å². The van der Waals surface area contributed by atoms with Crippen molar-refractivity contribution in [1.82, 2.24) is 4.98 Å². The van der Waals surface area contributed by atoms with Crippen molar-refractivity contribution in [2.45, 2.75) is 50.8 Å². The predicted molar refractivity (Wildman–Crippen MR) is 144 cm³/mol. The van der Waals surface area contributed by atoms with E-state index in [4.69, 9.17) is 14.6 Å². The number of quaternary nitrogens is 1. The predicted octanol–water partition coefficient (Wildman–Crippen LogP) is 5.68. The molecule has 4 heterocycles. The van der Waals surface area contributed by atoms with Crippen LogP contribution in [-0.4, -0.2) is 46.8 Å². The SMILES string of the molecule is C=C[C@H]1C[N+]2(Cc3cc(C(F)(F)F)cc(C(F)(F)F)c3)CC[C@H]1C[C@@H]2[C@@H](O)c1ccnc2ccc(OC)cc12.CC(=O)[O-]. The second-order valence-electron chi connectivity index (χ2n) is 11.2. The minimum absolute atomic E-state index is 0.0457. The number of alkyl halides is 6. The molecule has 3 saturated heterocycles. The molecule has 3 aliphatic rings. The topological polar surface area (TPSA) is 82.5 Å². The number of methoxy groups -OCH3 is 1. The Labute approximate surface area is 244 Å². The number of hydrogen-bond acceptors (Lipinski definition) is 5. The number of fused-ring (bicyclic) bond motifs is 4. The van der Waals surface area contributed by atoms with E-state index in [2.05, 4.69) is 11.6 Å². The van der Waals surface area contributed by atoms with Crippen LogP contribution in [0.15, 0.2) is 61.3 Å². The number of rotatable bonds is 6. The van der Waals surface area contributed by atoms with E-state index in [1.165, 1.54) is 7.11 Å². The highest BCUT2D eigenvalue weighted by Crippen LogP contribution is 2.48. The van der Waals surface area contributed by atoms with Gasteiger partial charge in [0.15, 0.2) is 0 Å². The van der Waals surface area contributed by atoms with Crippen molar-refractivity contribution in [3.63, 3.8) is 0 Å². The van der Waals surface area contributed by atoms with Crippen LogP contribution in [0, 0.1) is 11.8 Å². The average molecular weight is 611 g/mol. The Hall–Kier alpha value is -3.64. The van der Waals surface area contributed by atoms with E-state index < -0.39 is 41.6 Å². The maximum atomic E-state index is 13.6. The Morgan fingerprint density at radius 3 is 2.33 bits per heavy atom. The molecule has 0 spiro atoms. The van der Waals surface area contributed by atoms with Crippen molar-refractivity contribution >= 4 is 16.9 Å². The van der Waals surface area contributed by atoms with Gasteiger partial charge in [0.25, 0.3) is 0 Å². The summed E-state index contributed by atoms with van der Waals surface area (Å²) >= 11 is 0. The molecular weight excluding hydrogens is 578 g/mol. The molecule has 1 N–H and O–H groups in total. The highest BCUT2D eigenvalue weighted by Gasteiger charge is 2.54. The molecule has 0 radical (unpaired) electrons. The number of aliphatic carboxylic acids is 1. The number of ether oxygens (including phenoxy) is 1. The van der Waals surface area contributed by atoms with Crippen LogP contribution in [-0.2, 0) is 23.7 Å². The van der Waals surface area contributed by atoms with Gasteiger partial charge in [0, 0.05) is 41.9 Å². The van der Waals surface area contributed by atoms with Gasteiger partial charge in [0.2, 0.25) is 0 Å². The van der Waals surface area contributed by atoms with Crippen LogP contribution in [0.4, 0.5) is 26.3 Å². The number of benzene rings is 2. The fourth-order valence-corrected chi connectivity index (χ4v) is 6.59. The lowest BCUT2D eigenvalue weighted by molar-refractivity contribution is -0.984. The lowest BCUT2D eigenvalue weighted by Gasteiger charge is -2.58. The summed E-state index contributed by atoms with van der Waals surface area (Å²) in [7, 11) is 1.53. The smallest absolute Gasteiger partial charge is 0.416 e. The number of carboxylic acid groups (broad SMARTS) is 1. The number of nitrogens with zero attached hydrogens (tertiary/aromatic N) is 2. The fourth-order valence-electron chi connectivity index (χ4n) is 6.59. The van der Waals surface area contributed by atoms with E-state index in [-0.39, 0.29) is 34.5 Å². The van der Waals surface area contributed by atoms with Crippen LogP contribution < -0.4 is 9.84 Å². The van der Waals surface area contributed by atoms with Gasteiger partial charge >= 0.3 is 12.4 Å². The summed E-state index contributed by atoms with van der Waals surface area (Å²) in [5.74, 6) is -0.241. The number of carboxylic acids is 1.